The summed E-state index contributed by atoms with van der Waals surface area (Å²) < 4.78 is 5.19. The van der Waals surface area contributed by atoms with Crippen LogP contribution in [0.1, 0.15) is 18.1 Å². The molecule has 0 aliphatic carbocycles. The largest absolute Gasteiger partial charge is 0.463 e. The van der Waals surface area contributed by atoms with E-state index in [-0.39, 0.29) is 5.97 Å². The number of nitrogens with zero attached hydrogens (tertiary/aromatic N) is 1. The van der Waals surface area contributed by atoms with Crippen molar-refractivity contribution in [1.29, 1.82) is 0 Å². The summed E-state index contributed by atoms with van der Waals surface area (Å²) in [6, 6.07) is 9.38. The molecule has 22 heavy (non-hydrogen) atoms. The third-order valence-electron chi connectivity index (χ3n) is 3.49. The lowest BCUT2D eigenvalue weighted by atomic mass is 9.95. The van der Waals surface area contributed by atoms with Crippen LogP contribution in [0, 0.1) is 0 Å². The molecule has 0 spiro atoms. The highest BCUT2D eigenvalue weighted by Crippen LogP contribution is 2.37. The number of carbonyl (C=O) groups excluding carboxylic acids is 1. The number of rotatable bonds is 3. The minimum atomic E-state index is -0.320. The topological polar surface area (TPSA) is 51.2 Å². The van der Waals surface area contributed by atoms with Gasteiger partial charge in [0.05, 0.1) is 28.6 Å². The third-order valence-corrected chi connectivity index (χ3v) is 3.81. The molecule has 1 aromatic carbocycles. The van der Waals surface area contributed by atoms with E-state index in [2.05, 4.69) is 10.3 Å². The zero-order valence-corrected chi connectivity index (χ0v) is 12.9. The molecule has 1 aromatic heterocycles. The number of pyridine rings is 1. The number of ether oxygens (including phenoxy) is 1. The predicted octanol–water partition coefficient (Wildman–Crippen LogP) is 3.68. The van der Waals surface area contributed by atoms with Crippen molar-refractivity contribution < 1.29 is 9.53 Å². The van der Waals surface area contributed by atoms with Crippen LogP contribution in [0.3, 0.4) is 0 Å². The molecule has 0 bridgehead atoms. The van der Waals surface area contributed by atoms with Gasteiger partial charge in [0.2, 0.25) is 0 Å². The van der Waals surface area contributed by atoms with Crippen molar-refractivity contribution >= 4 is 29.0 Å². The standard InChI is InChI=1S/C17H15ClN2O2/c1-2-22-17(21)13-9-11-5-3-7-14(18)16(11)20-15(13)12-6-4-8-19-10-12/h3-8,10,20H,2,9H2,1H3. The fraction of sp³-hybridized carbons (Fsp3) is 0.176. The molecule has 4 nitrogen and oxygen atoms in total. The number of anilines is 1. The van der Waals surface area contributed by atoms with Crippen LogP contribution < -0.4 is 5.32 Å². The van der Waals surface area contributed by atoms with Crippen molar-refractivity contribution in [3.05, 3.63) is 64.4 Å². The van der Waals surface area contributed by atoms with Crippen LogP contribution in [0.5, 0.6) is 0 Å². The van der Waals surface area contributed by atoms with E-state index < -0.39 is 0 Å². The molecule has 112 valence electrons. The lowest BCUT2D eigenvalue weighted by Gasteiger charge is -2.24. The Morgan fingerprint density at radius 2 is 2.23 bits per heavy atom. The second-order valence-corrected chi connectivity index (χ2v) is 5.30. The number of esters is 1. The van der Waals surface area contributed by atoms with Gasteiger partial charge in [-0.05, 0) is 30.7 Å². The molecule has 0 amide bonds. The van der Waals surface area contributed by atoms with Crippen molar-refractivity contribution in [1.82, 2.24) is 4.98 Å². The first-order valence-electron chi connectivity index (χ1n) is 7.05. The Hall–Kier alpha value is -2.33. The minimum absolute atomic E-state index is 0.320. The molecular formula is C17H15ClN2O2. The van der Waals surface area contributed by atoms with E-state index in [1.807, 2.05) is 30.3 Å². The molecule has 1 N–H and O–H groups in total. The van der Waals surface area contributed by atoms with Gasteiger partial charge >= 0.3 is 5.97 Å². The number of hydrogen-bond acceptors (Lipinski definition) is 4. The summed E-state index contributed by atoms with van der Waals surface area (Å²) in [6.07, 6.45) is 3.88. The van der Waals surface area contributed by atoms with Crippen LogP contribution >= 0.6 is 11.6 Å². The second kappa shape index (κ2) is 6.20. The maximum absolute atomic E-state index is 12.3. The fourth-order valence-corrected chi connectivity index (χ4v) is 2.73. The molecule has 0 saturated carbocycles. The number of carbonyl (C=O) groups is 1. The molecular weight excluding hydrogens is 300 g/mol. The van der Waals surface area contributed by atoms with Gasteiger partial charge in [0.15, 0.2) is 0 Å². The third kappa shape index (κ3) is 2.70. The molecule has 0 saturated heterocycles. The van der Waals surface area contributed by atoms with Crippen LogP contribution in [-0.2, 0) is 16.0 Å². The molecule has 2 aromatic rings. The number of benzene rings is 1. The first kappa shape index (κ1) is 14.6. The maximum Gasteiger partial charge on any atom is 0.336 e. The Kier molecular flexibility index (Phi) is 4.11. The Bertz CT molecular complexity index is 742. The zero-order chi connectivity index (χ0) is 15.5. The van der Waals surface area contributed by atoms with Gasteiger partial charge in [0, 0.05) is 24.4 Å². The normalized spacial score (nSPS) is 13.4. The molecule has 1 aliphatic rings. The SMILES string of the molecule is CCOC(=O)C1=C(c2cccnc2)Nc2c(Cl)cccc2C1. The molecule has 1 aliphatic heterocycles. The summed E-state index contributed by atoms with van der Waals surface area (Å²) in [4.78, 5) is 16.4. The van der Waals surface area contributed by atoms with Crippen molar-refractivity contribution in [3.8, 4) is 0 Å². The Morgan fingerprint density at radius 3 is 2.95 bits per heavy atom. The number of nitrogens with one attached hydrogen (secondary N) is 1. The predicted molar refractivity (Wildman–Crippen MR) is 86.6 cm³/mol. The van der Waals surface area contributed by atoms with Gasteiger partial charge in [-0.1, -0.05) is 23.7 Å². The van der Waals surface area contributed by atoms with Crippen LogP contribution in [0.4, 0.5) is 5.69 Å². The second-order valence-electron chi connectivity index (χ2n) is 4.89. The average Bonchev–Trinajstić information content (AvgIpc) is 2.55. The smallest absolute Gasteiger partial charge is 0.336 e. The number of hydrogen-bond donors (Lipinski definition) is 1. The molecule has 0 atom stereocenters. The summed E-state index contributed by atoms with van der Waals surface area (Å²) >= 11 is 6.27. The van der Waals surface area contributed by atoms with Crippen LogP contribution in [-0.4, -0.2) is 17.6 Å². The average molecular weight is 315 g/mol. The van der Waals surface area contributed by atoms with Gasteiger partial charge in [0.1, 0.15) is 0 Å². The monoisotopic (exact) mass is 314 g/mol. The maximum atomic E-state index is 12.3. The van der Waals surface area contributed by atoms with E-state index in [1.54, 1.807) is 19.3 Å². The minimum Gasteiger partial charge on any atom is -0.463 e. The van der Waals surface area contributed by atoms with Gasteiger partial charge in [-0.15, -0.1) is 0 Å². The van der Waals surface area contributed by atoms with Crippen molar-refractivity contribution in [2.24, 2.45) is 0 Å². The molecule has 0 radical (unpaired) electrons. The van der Waals surface area contributed by atoms with E-state index in [0.29, 0.717) is 29.3 Å². The zero-order valence-electron chi connectivity index (χ0n) is 12.1. The van der Waals surface area contributed by atoms with Gasteiger partial charge in [-0.25, -0.2) is 4.79 Å². The highest BCUT2D eigenvalue weighted by atomic mass is 35.5. The molecule has 5 heteroatoms. The van der Waals surface area contributed by atoms with E-state index in [4.69, 9.17) is 16.3 Å². The molecule has 2 heterocycles. The van der Waals surface area contributed by atoms with Gasteiger partial charge in [-0.2, -0.15) is 0 Å². The Morgan fingerprint density at radius 1 is 1.36 bits per heavy atom. The first-order valence-corrected chi connectivity index (χ1v) is 7.43. The number of halogens is 1. The Labute approximate surface area is 133 Å². The summed E-state index contributed by atoms with van der Waals surface area (Å²) in [5.41, 5.74) is 3.92. The highest BCUT2D eigenvalue weighted by Gasteiger charge is 2.26. The molecule has 0 fully saturated rings. The van der Waals surface area contributed by atoms with Gasteiger partial charge in [0.25, 0.3) is 0 Å². The number of aromatic nitrogens is 1. The van der Waals surface area contributed by atoms with Crippen molar-refractivity contribution in [2.75, 3.05) is 11.9 Å². The summed E-state index contributed by atoms with van der Waals surface area (Å²) in [6.45, 7) is 2.13. The van der Waals surface area contributed by atoms with E-state index >= 15 is 0 Å². The summed E-state index contributed by atoms with van der Waals surface area (Å²) in [5, 5.41) is 3.90. The first-order chi connectivity index (χ1) is 10.7. The lowest BCUT2D eigenvalue weighted by Crippen LogP contribution is -2.20. The van der Waals surface area contributed by atoms with Crippen molar-refractivity contribution in [3.63, 3.8) is 0 Å². The lowest BCUT2D eigenvalue weighted by molar-refractivity contribution is -0.138. The fourth-order valence-electron chi connectivity index (χ4n) is 2.48. The van der Waals surface area contributed by atoms with Crippen molar-refractivity contribution in [2.45, 2.75) is 13.3 Å². The van der Waals surface area contributed by atoms with E-state index in [9.17, 15) is 4.79 Å². The van der Waals surface area contributed by atoms with Crippen LogP contribution in [0.15, 0.2) is 48.3 Å². The highest BCUT2D eigenvalue weighted by molar-refractivity contribution is 6.33. The van der Waals surface area contributed by atoms with E-state index in [1.165, 1.54) is 0 Å². The summed E-state index contributed by atoms with van der Waals surface area (Å²) in [7, 11) is 0. The van der Waals surface area contributed by atoms with Gasteiger partial charge < -0.3 is 10.1 Å². The number of fused-ring (bicyclic) bond motifs is 1. The molecule has 0 unspecified atom stereocenters. The van der Waals surface area contributed by atoms with Gasteiger partial charge in [-0.3, -0.25) is 4.98 Å². The summed E-state index contributed by atoms with van der Waals surface area (Å²) in [5.74, 6) is -0.320. The van der Waals surface area contributed by atoms with Crippen LogP contribution in [0.2, 0.25) is 5.02 Å². The van der Waals surface area contributed by atoms with Crippen LogP contribution in [0.25, 0.3) is 5.70 Å². The quantitative estimate of drug-likeness (QED) is 0.878. The number of para-hydroxylation sites is 1. The Balaban J connectivity index is 2.10. The molecule has 3 rings (SSSR count). The van der Waals surface area contributed by atoms with E-state index in [0.717, 1.165) is 16.8 Å².